The fourth-order valence-electron chi connectivity index (χ4n) is 2.69. The minimum absolute atomic E-state index is 0.00203. The highest BCUT2D eigenvalue weighted by Gasteiger charge is 2.23. The maximum atomic E-state index is 12.3. The van der Waals surface area contributed by atoms with Crippen LogP contribution in [0.2, 0.25) is 0 Å². The van der Waals surface area contributed by atoms with E-state index in [1.165, 1.54) is 6.42 Å². The van der Waals surface area contributed by atoms with E-state index in [-0.39, 0.29) is 17.9 Å². The van der Waals surface area contributed by atoms with Gasteiger partial charge in [0.1, 0.15) is 11.8 Å². The summed E-state index contributed by atoms with van der Waals surface area (Å²) in [4.78, 5) is 26.4. The summed E-state index contributed by atoms with van der Waals surface area (Å²) in [6.45, 7) is 7.23. The van der Waals surface area contributed by atoms with Crippen molar-refractivity contribution in [3.63, 3.8) is 0 Å². The number of ether oxygens (including phenoxy) is 1. The van der Waals surface area contributed by atoms with Crippen molar-refractivity contribution in [1.82, 2.24) is 10.2 Å². The minimum atomic E-state index is -0.507. The van der Waals surface area contributed by atoms with Crippen LogP contribution in [0.5, 0.6) is 5.75 Å². The number of benzene rings is 1. The smallest absolute Gasteiger partial charge is 0.251 e. The molecule has 0 spiro atoms. The summed E-state index contributed by atoms with van der Waals surface area (Å²) >= 11 is 0. The first-order valence-electron chi connectivity index (χ1n) is 8.33. The van der Waals surface area contributed by atoms with Gasteiger partial charge in [-0.3, -0.25) is 9.59 Å². The van der Waals surface area contributed by atoms with Gasteiger partial charge in [0, 0.05) is 18.7 Å². The number of rotatable bonds is 5. The van der Waals surface area contributed by atoms with Crippen LogP contribution in [0.3, 0.4) is 0 Å². The Morgan fingerprint density at radius 1 is 1.04 bits per heavy atom. The Hall–Kier alpha value is -2.04. The predicted molar refractivity (Wildman–Crippen MR) is 89.6 cm³/mol. The highest BCUT2D eigenvalue weighted by Crippen LogP contribution is 2.14. The number of amides is 2. The topological polar surface area (TPSA) is 58.6 Å². The van der Waals surface area contributed by atoms with Crippen LogP contribution in [0.15, 0.2) is 24.3 Å². The maximum absolute atomic E-state index is 12.3. The standard InChI is InChI=1S/C18H26N2O3/c1-13(2)23-16-9-7-15(8-10-16)17(21)19-14(3)18(22)20-11-5-4-6-12-20/h7-10,13-14H,4-6,11-12H2,1-3H3,(H,19,21). The van der Waals surface area contributed by atoms with Gasteiger partial charge in [-0.1, -0.05) is 0 Å². The molecule has 1 N–H and O–H groups in total. The van der Waals surface area contributed by atoms with Crippen LogP contribution in [0.4, 0.5) is 0 Å². The molecule has 1 aliphatic heterocycles. The molecule has 1 fully saturated rings. The molecule has 1 heterocycles. The number of nitrogens with zero attached hydrogens (tertiary/aromatic N) is 1. The first-order chi connectivity index (χ1) is 11.0. The lowest BCUT2D eigenvalue weighted by Gasteiger charge is -2.29. The predicted octanol–water partition coefficient (Wildman–Crippen LogP) is 2.60. The van der Waals surface area contributed by atoms with Crippen molar-refractivity contribution in [3.05, 3.63) is 29.8 Å². The second-order valence-corrected chi connectivity index (χ2v) is 6.27. The van der Waals surface area contributed by atoms with Crippen molar-refractivity contribution in [3.8, 4) is 5.75 Å². The van der Waals surface area contributed by atoms with Gasteiger partial charge in [-0.15, -0.1) is 0 Å². The maximum Gasteiger partial charge on any atom is 0.251 e. The summed E-state index contributed by atoms with van der Waals surface area (Å²) < 4.78 is 5.56. The molecule has 1 atom stereocenters. The van der Waals surface area contributed by atoms with E-state index in [4.69, 9.17) is 4.74 Å². The molecule has 5 nitrogen and oxygen atoms in total. The Balaban J connectivity index is 1.91. The first-order valence-corrected chi connectivity index (χ1v) is 8.33. The lowest BCUT2D eigenvalue weighted by atomic mass is 10.1. The summed E-state index contributed by atoms with van der Waals surface area (Å²) in [5.41, 5.74) is 0.527. The summed E-state index contributed by atoms with van der Waals surface area (Å²) in [7, 11) is 0. The zero-order valence-corrected chi connectivity index (χ0v) is 14.2. The van der Waals surface area contributed by atoms with E-state index in [1.54, 1.807) is 31.2 Å². The van der Waals surface area contributed by atoms with E-state index in [1.807, 2.05) is 18.7 Å². The second kappa shape index (κ2) is 7.99. The van der Waals surface area contributed by atoms with Gasteiger partial charge in [-0.25, -0.2) is 0 Å². The lowest BCUT2D eigenvalue weighted by molar-refractivity contribution is -0.133. The first kappa shape index (κ1) is 17.3. The van der Waals surface area contributed by atoms with E-state index in [9.17, 15) is 9.59 Å². The number of hydrogen-bond acceptors (Lipinski definition) is 3. The number of nitrogens with one attached hydrogen (secondary N) is 1. The molecule has 1 aromatic carbocycles. The normalized spacial score (nSPS) is 16.1. The molecule has 2 amide bonds. The molecular formula is C18H26N2O3. The molecule has 5 heteroatoms. The van der Waals surface area contributed by atoms with Crippen LogP contribution in [0.25, 0.3) is 0 Å². The van der Waals surface area contributed by atoms with E-state index in [2.05, 4.69) is 5.32 Å². The van der Waals surface area contributed by atoms with Gasteiger partial charge in [0.25, 0.3) is 5.91 Å². The average molecular weight is 318 g/mol. The highest BCUT2D eigenvalue weighted by molar-refractivity contribution is 5.97. The third-order valence-corrected chi connectivity index (χ3v) is 3.87. The lowest BCUT2D eigenvalue weighted by Crippen LogP contribution is -2.48. The summed E-state index contributed by atoms with van der Waals surface area (Å²) in [6, 6.07) is 6.46. The Morgan fingerprint density at radius 2 is 1.65 bits per heavy atom. The monoisotopic (exact) mass is 318 g/mol. The molecule has 1 unspecified atom stereocenters. The van der Waals surface area contributed by atoms with E-state index >= 15 is 0 Å². The molecule has 0 saturated carbocycles. The van der Waals surface area contributed by atoms with Crippen molar-refractivity contribution < 1.29 is 14.3 Å². The van der Waals surface area contributed by atoms with Crippen LogP contribution < -0.4 is 10.1 Å². The van der Waals surface area contributed by atoms with Crippen molar-refractivity contribution in [1.29, 1.82) is 0 Å². The largest absolute Gasteiger partial charge is 0.491 e. The molecule has 0 aliphatic carbocycles. The Labute approximate surface area is 138 Å². The average Bonchev–Trinajstić information content (AvgIpc) is 2.55. The highest BCUT2D eigenvalue weighted by atomic mass is 16.5. The molecule has 126 valence electrons. The van der Waals surface area contributed by atoms with Crippen molar-refractivity contribution >= 4 is 11.8 Å². The third-order valence-electron chi connectivity index (χ3n) is 3.87. The van der Waals surface area contributed by atoms with Crippen molar-refractivity contribution in [2.75, 3.05) is 13.1 Å². The fraction of sp³-hybridized carbons (Fsp3) is 0.556. The van der Waals surface area contributed by atoms with Crippen LogP contribution in [-0.4, -0.2) is 41.9 Å². The number of hydrogen-bond donors (Lipinski definition) is 1. The fourth-order valence-corrected chi connectivity index (χ4v) is 2.69. The molecular weight excluding hydrogens is 292 g/mol. The zero-order valence-electron chi connectivity index (χ0n) is 14.2. The van der Waals surface area contributed by atoms with E-state index in [0.717, 1.165) is 31.7 Å². The molecule has 0 radical (unpaired) electrons. The molecule has 1 saturated heterocycles. The van der Waals surface area contributed by atoms with E-state index in [0.29, 0.717) is 5.56 Å². The van der Waals surface area contributed by atoms with Crippen LogP contribution >= 0.6 is 0 Å². The van der Waals surface area contributed by atoms with Gasteiger partial charge in [0.2, 0.25) is 5.91 Å². The van der Waals surface area contributed by atoms with Crippen LogP contribution in [-0.2, 0) is 4.79 Å². The number of carbonyl (C=O) groups excluding carboxylic acids is 2. The molecule has 1 aromatic rings. The third kappa shape index (κ3) is 4.98. The number of piperidine rings is 1. The van der Waals surface area contributed by atoms with Crippen molar-refractivity contribution in [2.24, 2.45) is 0 Å². The zero-order chi connectivity index (χ0) is 16.8. The summed E-state index contributed by atoms with van der Waals surface area (Å²) in [5, 5.41) is 2.78. The molecule has 23 heavy (non-hydrogen) atoms. The SMILES string of the molecule is CC(C)Oc1ccc(C(=O)NC(C)C(=O)N2CCCCC2)cc1. The molecule has 0 bridgehead atoms. The van der Waals surface area contributed by atoms with E-state index < -0.39 is 6.04 Å². The molecule has 2 rings (SSSR count). The molecule has 1 aliphatic rings. The van der Waals surface area contributed by atoms with Gasteiger partial charge in [-0.2, -0.15) is 0 Å². The number of carbonyl (C=O) groups is 2. The van der Waals surface area contributed by atoms with Gasteiger partial charge >= 0.3 is 0 Å². The minimum Gasteiger partial charge on any atom is -0.491 e. The van der Waals surface area contributed by atoms with Gasteiger partial charge in [-0.05, 0) is 64.3 Å². The number of likely N-dealkylation sites (tertiary alicyclic amines) is 1. The Bertz CT molecular complexity index is 534. The van der Waals surface area contributed by atoms with Gasteiger partial charge < -0.3 is 15.0 Å². The second-order valence-electron chi connectivity index (χ2n) is 6.27. The quantitative estimate of drug-likeness (QED) is 0.908. The Kier molecular flexibility index (Phi) is 6.02. The van der Waals surface area contributed by atoms with Gasteiger partial charge in [0.05, 0.1) is 6.10 Å². The summed E-state index contributed by atoms with van der Waals surface area (Å²) in [6.07, 6.45) is 3.36. The summed E-state index contributed by atoms with van der Waals surface area (Å²) in [5.74, 6) is 0.491. The Morgan fingerprint density at radius 3 is 2.22 bits per heavy atom. The molecule has 0 aromatic heterocycles. The van der Waals surface area contributed by atoms with Crippen LogP contribution in [0.1, 0.15) is 50.4 Å². The van der Waals surface area contributed by atoms with Gasteiger partial charge in [0.15, 0.2) is 0 Å². The van der Waals surface area contributed by atoms with Crippen molar-refractivity contribution in [2.45, 2.75) is 52.2 Å². The van der Waals surface area contributed by atoms with Crippen LogP contribution in [0, 0.1) is 0 Å².